The van der Waals surface area contributed by atoms with Crippen LogP contribution < -0.4 is 10.2 Å². The predicted octanol–water partition coefficient (Wildman–Crippen LogP) is 4.06. The summed E-state index contributed by atoms with van der Waals surface area (Å²) in [4.78, 5) is 42.2. The average molecular weight is 442 g/mol. The van der Waals surface area contributed by atoms with E-state index in [1.54, 1.807) is 11.8 Å². The zero-order chi connectivity index (χ0) is 22.0. The summed E-state index contributed by atoms with van der Waals surface area (Å²) in [6.07, 6.45) is 11.1. The van der Waals surface area contributed by atoms with E-state index in [1.165, 1.54) is 18.2 Å². The van der Waals surface area contributed by atoms with Crippen LogP contribution in [0.4, 0.5) is 10.5 Å². The van der Waals surface area contributed by atoms with Crippen LogP contribution in [0.5, 0.6) is 0 Å². The molecule has 1 N–H and O–H groups in total. The Hall–Kier alpha value is -2.28. The summed E-state index contributed by atoms with van der Waals surface area (Å²) in [6.45, 7) is 2.75. The SMILES string of the molecule is CSc1ccccc1N1C(=O)[C@H](CCCCNC(C)=O)N(CC2CC3C=CC2C3)C1=O. The number of para-hydroxylation sites is 1. The Morgan fingerprint density at radius 2 is 1.97 bits per heavy atom. The minimum absolute atomic E-state index is 0.0436. The molecule has 4 rings (SSSR count). The lowest BCUT2D eigenvalue weighted by Crippen LogP contribution is -2.40. The van der Waals surface area contributed by atoms with Gasteiger partial charge in [-0.15, -0.1) is 11.8 Å². The number of rotatable bonds is 9. The number of nitrogens with zero attached hydrogens (tertiary/aromatic N) is 2. The molecular formula is C24H31N3O3S. The van der Waals surface area contributed by atoms with E-state index in [-0.39, 0.29) is 17.8 Å². The number of hydrogen-bond donors (Lipinski definition) is 1. The second kappa shape index (κ2) is 9.47. The van der Waals surface area contributed by atoms with E-state index in [4.69, 9.17) is 0 Å². The number of allylic oxidation sites excluding steroid dienone is 2. The van der Waals surface area contributed by atoms with Gasteiger partial charge in [0.1, 0.15) is 6.04 Å². The van der Waals surface area contributed by atoms with Gasteiger partial charge < -0.3 is 10.2 Å². The van der Waals surface area contributed by atoms with Gasteiger partial charge in [-0.3, -0.25) is 9.59 Å². The number of anilines is 1. The number of nitrogens with one attached hydrogen (secondary N) is 1. The van der Waals surface area contributed by atoms with Crippen molar-refractivity contribution in [2.24, 2.45) is 17.8 Å². The average Bonchev–Trinajstić information content (AvgIpc) is 3.43. The zero-order valence-corrected chi connectivity index (χ0v) is 19.1. The number of unbranched alkanes of at least 4 members (excludes halogenated alkanes) is 1. The third-order valence-electron chi connectivity index (χ3n) is 6.77. The largest absolute Gasteiger partial charge is 0.356 e. The summed E-state index contributed by atoms with van der Waals surface area (Å²) in [7, 11) is 0. The number of carbonyl (C=O) groups excluding carboxylic acids is 3. The third kappa shape index (κ3) is 4.52. The van der Waals surface area contributed by atoms with E-state index in [0.717, 1.165) is 24.2 Å². The van der Waals surface area contributed by atoms with E-state index in [9.17, 15) is 14.4 Å². The Morgan fingerprint density at radius 3 is 2.65 bits per heavy atom. The fourth-order valence-corrected chi connectivity index (χ4v) is 5.83. The number of imide groups is 1. The molecule has 1 heterocycles. The number of benzene rings is 1. The van der Waals surface area contributed by atoms with Crippen LogP contribution in [0.25, 0.3) is 0 Å². The highest BCUT2D eigenvalue weighted by molar-refractivity contribution is 7.98. The minimum atomic E-state index is -0.428. The van der Waals surface area contributed by atoms with E-state index in [1.807, 2.05) is 35.4 Å². The number of urea groups is 1. The number of fused-ring (bicyclic) bond motifs is 2. The van der Waals surface area contributed by atoms with Gasteiger partial charge in [-0.05, 0) is 68.2 Å². The molecule has 0 radical (unpaired) electrons. The standard InChI is InChI=1S/C24H31N3O3S/c1-16(28)25-12-6-5-8-21-23(29)27(20-7-3-4-9-22(20)31-2)24(30)26(21)15-19-14-17-10-11-18(19)13-17/h3-4,7,9-11,17-19,21H,5-6,8,12-15H2,1-2H3,(H,25,28)/t17?,18?,19?,21-/m0/s1. The first kappa shape index (κ1) is 21.9. The Kier molecular flexibility index (Phi) is 6.70. The molecule has 1 aliphatic heterocycles. The minimum Gasteiger partial charge on any atom is -0.356 e. The monoisotopic (exact) mass is 441 g/mol. The van der Waals surface area contributed by atoms with Gasteiger partial charge in [0.05, 0.1) is 5.69 Å². The van der Waals surface area contributed by atoms with E-state index in [2.05, 4.69) is 17.5 Å². The second-order valence-electron chi connectivity index (χ2n) is 8.82. The molecular weight excluding hydrogens is 410 g/mol. The molecule has 31 heavy (non-hydrogen) atoms. The second-order valence-corrected chi connectivity index (χ2v) is 9.66. The van der Waals surface area contributed by atoms with Crippen molar-refractivity contribution in [3.05, 3.63) is 36.4 Å². The van der Waals surface area contributed by atoms with Crippen molar-refractivity contribution in [1.82, 2.24) is 10.2 Å². The molecule has 1 saturated heterocycles. The molecule has 4 amide bonds. The molecule has 2 bridgehead atoms. The zero-order valence-electron chi connectivity index (χ0n) is 18.3. The number of carbonyl (C=O) groups is 3. The van der Waals surface area contributed by atoms with Gasteiger partial charge in [0, 0.05) is 24.9 Å². The van der Waals surface area contributed by atoms with Crippen molar-refractivity contribution in [3.8, 4) is 0 Å². The molecule has 1 aromatic carbocycles. The van der Waals surface area contributed by atoms with Crippen LogP contribution in [-0.2, 0) is 9.59 Å². The molecule has 1 saturated carbocycles. The summed E-state index contributed by atoms with van der Waals surface area (Å²) in [5.74, 6) is 1.43. The van der Waals surface area contributed by atoms with E-state index in [0.29, 0.717) is 43.0 Å². The third-order valence-corrected chi connectivity index (χ3v) is 7.56. The van der Waals surface area contributed by atoms with Crippen molar-refractivity contribution in [2.75, 3.05) is 24.2 Å². The first-order valence-corrected chi connectivity index (χ1v) is 12.4. The lowest BCUT2D eigenvalue weighted by molar-refractivity contribution is -0.120. The van der Waals surface area contributed by atoms with Crippen LogP contribution in [0.1, 0.15) is 39.0 Å². The van der Waals surface area contributed by atoms with Crippen molar-refractivity contribution in [2.45, 2.75) is 50.0 Å². The van der Waals surface area contributed by atoms with Gasteiger partial charge in [0.25, 0.3) is 5.91 Å². The smallest absolute Gasteiger partial charge is 0.332 e. The molecule has 2 aliphatic carbocycles. The van der Waals surface area contributed by atoms with Gasteiger partial charge in [-0.1, -0.05) is 24.3 Å². The Labute approximate surface area is 188 Å². The highest BCUT2D eigenvalue weighted by Crippen LogP contribution is 2.45. The molecule has 3 aliphatic rings. The van der Waals surface area contributed by atoms with Crippen molar-refractivity contribution in [3.63, 3.8) is 0 Å². The quantitative estimate of drug-likeness (QED) is 0.272. The summed E-state index contributed by atoms with van der Waals surface area (Å²) in [5.41, 5.74) is 0.684. The highest BCUT2D eigenvalue weighted by Gasteiger charge is 2.48. The summed E-state index contributed by atoms with van der Waals surface area (Å²) in [6, 6.07) is 7.00. The fourth-order valence-electron chi connectivity index (χ4n) is 5.24. The Bertz CT molecular complexity index is 887. The Balaban J connectivity index is 1.52. The van der Waals surface area contributed by atoms with E-state index >= 15 is 0 Å². The van der Waals surface area contributed by atoms with Gasteiger partial charge in [0.2, 0.25) is 5.91 Å². The topological polar surface area (TPSA) is 69.7 Å². The van der Waals surface area contributed by atoms with Crippen molar-refractivity contribution in [1.29, 1.82) is 0 Å². The number of hydrogen-bond acceptors (Lipinski definition) is 4. The van der Waals surface area contributed by atoms with Crippen LogP contribution in [0.15, 0.2) is 41.3 Å². The fraction of sp³-hybridized carbons (Fsp3) is 0.542. The maximum atomic E-state index is 13.5. The van der Waals surface area contributed by atoms with Crippen LogP contribution in [-0.4, -0.2) is 48.1 Å². The maximum absolute atomic E-state index is 13.5. The van der Waals surface area contributed by atoms with Gasteiger partial charge in [-0.25, -0.2) is 9.69 Å². The summed E-state index contributed by atoms with van der Waals surface area (Å²) < 4.78 is 0. The van der Waals surface area contributed by atoms with Gasteiger partial charge >= 0.3 is 6.03 Å². The highest BCUT2D eigenvalue weighted by atomic mass is 32.2. The molecule has 1 aromatic rings. The van der Waals surface area contributed by atoms with Crippen LogP contribution in [0, 0.1) is 17.8 Å². The maximum Gasteiger partial charge on any atom is 0.332 e. The van der Waals surface area contributed by atoms with Crippen LogP contribution >= 0.6 is 11.8 Å². The lowest BCUT2D eigenvalue weighted by Gasteiger charge is -2.28. The first-order valence-electron chi connectivity index (χ1n) is 11.2. The van der Waals surface area contributed by atoms with Crippen LogP contribution in [0.3, 0.4) is 0 Å². The molecule has 6 nitrogen and oxygen atoms in total. The molecule has 0 spiro atoms. The molecule has 3 unspecified atom stereocenters. The van der Waals surface area contributed by atoms with Crippen molar-refractivity contribution >= 4 is 35.3 Å². The Morgan fingerprint density at radius 1 is 1.16 bits per heavy atom. The van der Waals surface area contributed by atoms with Gasteiger partial charge in [-0.2, -0.15) is 0 Å². The van der Waals surface area contributed by atoms with Gasteiger partial charge in [0.15, 0.2) is 0 Å². The summed E-state index contributed by atoms with van der Waals surface area (Å²) in [5, 5.41) is 2.80. The lowest BCUT2D eigenvalue weighted by atomic mass is 9.92. The van der Waals surface area contributed by atoms with Crippen LogP contribution in [0.2, 0.25) is 0 Å². The van der Waals surface area contributed by atoms with E-state index < -0.39 is 6.04 Å². The molecule has 166 valence electrons. The molecule has 4 atom stereocenters. The number of amides is 4. The molecule has 2 fully saturated rings. The van der Waals surface area contributed by atoms with Crippen molar-refractivity contribution < 1.29 is 14.4 Å². The molecule has 7 heteroatoms. The molecule has 0 aromatic heterocycles. The summed E-state index contributed by atoms with van der Waals surface area (Å²) >= 11 is 1.54. The predicted molar refractivity (Wildman–Crippen MR) is 123 cm³/mol. The normalized spacial score (nSPS) is 26.9. The number of thioether (sulfide) groups is 1. The first-order chi connectivity index (χ1) is 15.0.